The number of hydrogen-bond donors (Lipinski definition) is 1. The van der Waals surface area contributed by atoms with E-state index in [0.29, 0.717) is 5.56 Å². The molecule has 0 aliphatic rings. The predicted molar refractivity (Wildman–Crippen MR) is 63.9 cm³/mol. The van der Waals surface area contributed by atoms with Crippen LogP contribution in [0.4, 0.5) is 13.2 Å². The Kier molecular flexibility index (Phi) is 4.52. The van der Waals surface area contributed by atoms with Crippen LogP contribution in [0.3, 0.4) is 0 Å². The number of allylic oxidation sites excluding steroid dienone is 2. The van der Waals surface area contributed by atoms with Crippen molar-refractivity contribution < 1.29 is 18.0 Å². The summed E-state index contributed by atoms with van der Waals surface area (Å²) in [6.45, 7) is 0. The molecule has 0 aliphatic carbocycles. The van der Waals surface area contributed by atoms with Gasteiger partial charge in [0.25, 0.3) is 5.78 Å². The lowest BCUT2D eigenvalue weighted by atomic mass is 10.1. The van der Waals surface area contributed by atoms with Crippen molar-refractivity contribution in [3.63, 3.8) is 0 Å². The number of hydrogen-bond acceptors (Lipinski definition) is 4. The molecule has 0 spiro atoms. The van der Waals surface area contributed by atoms with E-state index in [9.17, 15) is 18.0 Å². The summed E-state index contributed by atoms with van der Waals surface area (Å²) in [4.78, 5) is 16.4. The average Bonchev–Trinajstić information content (AvgIpc) is 2.34. The van der Waals surface area contributed by atoms with Crippen LogP contribution in [0.5, 0.6) is 0 Å². The van der Waals surface area contributed by atoms with Gasteiger partial charge in [0.2, 0.25) is 0 Å². The molecule has 1 rings (SSSR count). The van der Waals surface area contributed by atoms with Crippen LogP contribution in [0, 0.1) is 0 Å². The van der Waals surface area contributed by atoms with Gasteiger partial charge in [0, 0.05) is 38.6 Å². The van der Waals surface area contributed by atoms with Crippen molar-refractivity contribution in [2.75, 3.05) is 14.1 Å². The fourth-order valence-corrected chi connectivity index (χ4v) is 1.47. The fourth-order valence-electron chi connectivity index (χ4n) is 1.47. The van der Waals surface area contributed by atoms with Crippen molar-refractivity contribution in [1.82, 2.24) is 9.88 Å². The number of Topliss-reactive ketones (excluding diaryl/α,β-unsaturated/α-hetero) is 1. The third-order valence-corrected chi connectivity index (χ3v) is 2.45. The van der Waals surface area contributed by atoms with E-state index in [1.165, 1.54) is 25.2 Å². The van der Waals surface area contributed by atoms with Crippen molar-refractivity contribution in [2.24, 2.45) is 5.73 Å². The van der Waals surface area contributed by atoms with E-state index in [-0.39, 0.29) is 12.1 Å². The molecule has 0 saturated carbocycles. The zero-order chi connectivity index (χ0) is 14.6. The average molecular weight is 273 g/mol. The number of aromatic nitrogens is 1. The summed E-state index contributed by atoms with van der Waals surface area (Å²) in [7, 11) is 3.06. The molecule has 1 aromatic heterocycles. The Balaban J connectivity index is 3.10. The SMILES string of the molecule is CN(C)C(Cc1cccnc1)=C(N)C(=O)C(F)(F)F. The van der Waals surface area contributed by atoms with Crippen molar-refractivity contribution in [1.29, 1.82) is 0 Å². The number of carbonyl (C=O) groups excluding carboxylic acids is 1. The number of nitrogens with two attached hydrogens (primary N) is 1. The smallest absolute Gasteiger partial charge is 0.394 e. The summed E-state index contributed by atoms with van der Waals surface area (Å²) in [6.07, 6.45) is -1.81. The standard InChI is InChI=1S/C12H14F3N3O/c1-18(2)9(6-8-4-3-5-17-7-8)10(16)11(19)12(13,14)15/h3-5,7H,6,16H2,1-2H3. The quantitative estimate of drug-likeness (QED) is 0.844. The van der Waals surface area contributed by atoms with E-state index < -0.39 is 17.7 Å². The molecule has 104 valence electrons. The molecule has 2 N–H and O–H groups in total. The fraction of sp³-hybridized carbons (Fsp3) is 0.333. The number of alkyl halides is 3. The van der Waals surface area contributed by atoms with Gasteiger partial charge in [0.15, 0.2) is 0 Å². The number of rotatable bonds is 4. The lowest BCUT2D eigenvalue weighted by Gasteiger charge is -2.20. The summed E-state index contributed by atoms with van der Waals surface area (Å²) < 4.78 is 37.1. The first-order valence-electron chi connectivity index (χ1n) is 5.40. The van der Waals surface area contributed by atoms with Crippen LogP contribution < -0.4 is 5.73 Å². The Morgan fingerprint density at radius 3 is 2.47 bits per heavy atom. The summed E-state index contributed by atoms with van der Waals surface area (Å²) in [5.41, 5.74) is 5.33. The summed E-state index contributed by atoms with van der Waals surface area (Å²) in [6, 6.07) is 3.35. The first-order valence-corrected chi connectivity index (χ1v) is 5.40. The Morgan fingerprint density at radius 1 is 1.42 bits per heavy atom. The maximum atomic E-state index is 12.4. The van der Waals surface area contributed by atoms with Crippen LogP contribution in [0.25, 0.3) is 0 Å². The van der Waals surface area contributed by atoms with Crippen LogP contribution in [-0.2, 0) is 11.2 Å². The lowest BCUT2D eigenvalue weighted by molar-refractivity contribution is -0.166. The van der Waals surface area contributed by atoms with Crippen LogP contribution in [0.2, 0.25) is 0 Å². The van der Waals surface area contributed by atoms with Crippen molar-refractivity contribution in [2.45, 2.75) is 12.6 Å². The van der Waals surface area contributed by atoms with Gasteiger partial charge in [-0.15, -0.1) is 0 Å². The normalized spacial score (nSPS) is 12.9. The third-order valence-electron chi connectivity index (χ3n) is 2.45. The minimum atomic E-state index is -4.97. The molecule has 7 heteroatoms. The van der Waals surface area contributed by atoms with E-state index in [4.69, 9.17) is 5.73 Å². The second-order valence-electron chi connectivity index (χ2n) is 4.12. The molecule has 0 bridgehead atoms. The first-order chi connectivity index (χ1) is 8.73. The van der Waals surface area contributed by atoms with E-state index in [1.54, 1.807) is 18.3 Å². The number of nitrogens with zero attached hydrogens (tertiary/aromatic N) is 2. The predicted octanol–water partition coefficient (Wildman–Crippen LogP) is 1.49. The Hall–Kier alpha value is -2.05. The molecule has 0 saturated heterocycles. The number of carbonyl (C=O) groups is 1. The van der Waals surface area contributed by atoms with Gasteiger partial charge in [-0.05, 0) is 11.6 Å². The second kappa shape index (κ2) is 5.73. The summed E-state index contributed by atoms with van der Waals surface area (Å²) >= 11 is 0. The molecule has 0 amide bonds. The van der Waals surface area contributed by atoms with Crippen LogP contribution in [0.1, 0.15) is 5.56 Å². The van der Waals surface area contributed by atoms with Crippen molar-refractivity contribution in [3.8, 4) is 0 Å². The number of likely N-dealkylation sites (N-methyl/N-ethyl adjacent to an activating group) is 1. The highest BCUT2D eigenvalue weighted by Gasteiger charge is 2.41. The minimum Gasteiger partial charge on any atom is -0.394 e. The monoisotopic (exact) mass is 273 g/mol. The maximum absolute atomic E-state index is 12.4. The van der Waals surface area contributed by atoms with E-state index >= 15 is 0 Å². The van der Waals surface area contributed by atoms with E-state index in [1.807, 2.05) is 0 Å². The number of halogens is 3. The molecule has 19 heavy (non-hydrogen) atoms. The Bertz CT molecular complexity index is 481. The minimum absolute atomic E-state index is 0.106. The highest BCUT2D eigenvalue weighted by molar-refractivity contribution is 5.99. The molecule has 0 unspecified atom stereocenters. The molecule has 0 fully saturated rings. The highest BCUT2D eigenvalue weighted by Crippen LogP contribution is 2.22. The topological polar surface area (TPSA) is 59.2 Å². The van der Waals surface area contributed by atoms with Crippen LogP contribution in [0.15, 0.2) is 35.9 Å². The first kappa shape index (κ1) is 15.0. The van der Waals surface area contributed by atoms with Gasteiger partial charge < -0.3 is 10.6 Å². The largest absolute Gasteiger partial charge is 0.456 e. The third kappa shape index (κ3) is 3.97. The maximum Gasteiger partial charge on any atom is 0.456 e. The zero-order valence-electron chi connectivity index (χ0n) is 10.5. The molecule has 0 aromatic carbocycles. The van der Waals surface area contributed by atoms with Crippen molar-refractivity contribution >= 4 is 5.78 Å². The number of pyridine rings is 1. The van der Waals surface area contributed by atoms with Gasteiger partial charge in [-0.25, -0.2) is 0 Å². The van der Waals surface area contributed by atoms with Gasteiger partial charge in [-0.3, -0.25) is 9.78 Å². The van der Waals surface area contributed by atoms with E-state index in [2.05, 4.69) is 4.98 Å². The van der Waals surface area contributed by atoms with Gasteiger partial charge in [-0.1, -0.05) is 6.07 Å². The highest BCUT2D eigenvalue weighted by atomic mass is 19.4. The molecular weight excluding hydrogens is 259 g/mol. The van der Waals surface area contributed by atoms with Gasteiger partial charge >= 0.3 is 6.18 Å². The molecule has 1 aromatic rings. The van der Waals surface area contributed by atoms with Gasteiger partial charge in [-0.2, -0.15) is 13.2 Å². The van der Waals surface area contributed by atoms with Crippen LogP contribution >= 0.6 is 0 Å². The molecule has 0 atom stereocenters. The Labute approximate surface area is 108 Å². The molecule has 0 radical (unpaired) electrons. The lowest BCUT2D eigenvalue weighted by Crippen LogP contribution is -2.32. The van der Waals surface area contributed by atoms with Gasteiger partial charge in [0.05, 0.1) is 0 Å². The number of ketones is 1. The second-order valence-corrected chi connectivity index (χ2v) is 4.12. The summed E-state index contributed by atoms with van der Waals surface area (Å²) in [5.74, 6) is -2.03. The summed E-state index contributed by atoms with van der Waals surface area (Å²) in [5, 5.41) is 0. The molecule has 4 nitrogen and oxygen atoms in total. The molecule has 0 aliphatic heterocycles. The van der Waals surface area contributed by atoms with Crippen molar-refractivity contribution in [3.05, 3.63) is 41.5 Å². The van der Waals surface area contributed by atoms with Gasteiger partial charge in [0.1, 0.15) is 5.70 Å². The van der Waals surface area contributed by atoms with Crippen LogP contribution in [-0.4, -0.2) is 35.9 Å². The molecule has 1 heterocycles. The van der Waals surface area contributed by atoms with E-state index in [0.717, 1.165) is 0 Å². The Morgan fingerprint density at radius 2 is 2.05 bits per heavy atom. The molecular formula is C12H14F3N3O. The zero-order valence-corrected chi connectivity index (χ0v) is 10.5.